The number of amides is 2. The van der Waals surface area contributed by atoms with Crippen LogP contribution < -0.4 is 10.0 Å². The molecule has 0 aromatic carbocycles. The highest BCUT2D eigenvalue weighted by Crippen LogP contribution is 2.10. The Morgan fingerprint density at radius 1 is 1.35 bits per heavy atom. The van der Waals surface area contributed by atoms with Crippen molar-refractivity contribution in [3.63, 3.8) is 0 Å². The number of H-pyrrole nitrogens is 1. The lowest BCUT2D eigenvalue weighted by Gasteiger charge is -2.12. The number of rotatable bonds is 6. The van der Waals surface area contributed by atoms with E-state index in [4.69, 9.17) is 5.11 Å². The molecule has 2 amide bonds. The molecule has 0 saturated carbocycles. The van der Waals surface area contributed by atoms with Crippen molar-refractivity contribution in [1.29, 1.82) is 0 Å². The van der Waals surface area contributed by atoms with Crippen molar-refractivity contribution in [1.82, 2.24) is 19.9 Å². The number of carboxylic acid groups (broad SMARTS) is 1. The van der Waals surface area contributed by atoms with Gasteiger partial charge in [0.2, 0.25) is 10.0 Å². The van der Waals surface area contributed by atoms with Crippen LogP contribution in [0.25, 0.3) is 0 Å². The average molecular weight is 304 g/mol. The Bertz CT molecular complexity index is 593. The van der Waals surface area contributed by atoms with Gasteiger partial charge in [0, 0.05) is 33.4 Å². The minimum atomic E-state index is -3.80. The van der Waals surface area contributed by atoms with E-state index in [0.29, 0.717) is 0 Å². The maximum atomic E-state index is 11.8. The van der Waals surface area contributed by atoms with Gasteiger partial charge >= 0.3 is 12.0 Å². The monoisotopic (exact) mass is 304 g/mol. The van der Waals surface area contributed by atoms with Crippen LogP contribution in [0.3, 0.4) is 0 Å². The molecule has 0 spiro atoms. The fourth-order valence-electron chi connectivity index (χ4n) is 1.25. The van der Waals surface area contributed by atoms with Crippen LogP contribution in [0.15, 0.2) is 17.2 Å². The summed E-state index contributed by atoms with van der Waals surface area (Å²) in [6.07, 6.45) is 1.09. The Hall–Kier alpha value is -2.07. The van der Waals surface area contributed by atoms with Crippen molar-refractivity contribution in [2.75, 3.05) is 27.2 Å². The van der Waals surface area contributed by atoms with Gasteiger partial charge in [0.15, 0.2) is 0 Å². The zero-order chi connectivity index (χ0) is 15.3. The maximum Gasteiger partial charge on any atom is 0.352 e. The van der Waals surface area contributed by atoms with Gasteiger partial charge in [-0.2, -0.15) is 0 Å². The zero-order valence-corrected chi connectivity index (χ0v) is 11.8. The molecule has 0 fully saturated rings. The van der Waals surface area contributed by atoms with Crippen molar-refractivity contribution in [3.8, 4) is 0 Å². The summed E-state index contributed by atoms with van der Waals surface area (Å²) in [5.74, 6) is -1.25. The smallest absolute Gasteiger partial charge is 0.352 e. The molecule has 1 aromatic heterocycles. The largest absolute Gasteiger partial charge is 0.477 e. The number of aromatic amines is 1. The molecule has 10 heteroatoms. The van der Waals surface area contributed by atoms with E-state index in [9.17, 15) is 18.0 Å². The standard InChI is InChI=1S/C10H16N4O5S/c1-14(2)10(17)11-3-4-13-20(18,19)7-5-8(9(15)16)12-6-7/h5-6,12-13H,3-4H2,1-2H3,(H,11,17)(H,15,16). The van der Waals surface area contributed by atoms with Crippen LogP contribution in [0.4, 0.5) is 4.79 Å². The molecule has 0 aliphatic rings. The Balaban J connectivity index is 2.53. The molecule has 0 bridgehead atoms. The van der Waals surface area contributed by atoms with Gasteiger partial charge in [0.05, 0.1) is 0 Å². The van der Waals surface area contributed by atoms with E-state index in [2.05, 4.69) is 15.0 Å². The van der Waals surface area contributed by atoms with E-state index in [0.717, 1.165) is 12.3 Å². The number of sulfonamides is 1. The molecule has 4 N–H and O–H groups in total. The minimum Gasteiger partial charge on any atom is -0.477 e. The molecular weight excluding hydrogens is 288 g/mol. The molecule has 0 unspecified atom stereocenters. The van der Waals surface area contributed by atoms with Crippen molar-refractivity contribution in [3.05, 3.63) is 18.0 Å². The molecule has 0 radical (unpaired) electrons. The number of carboxylic acids is 1. The lowest BCUT2D eigenvalue weighted by atomic mass is 10.4. The molecule has 0 atom stereocenters. The number of carbonyl (C=O) groups is 2. The van der Waals surface area contributed by atoms with Crippen molar-refractivity contribution >= 4 is 22.0 Å². The first-order valence-electron chi connectivity index (χ1n) is 5.60. The van der Waals surface area contributed by atoms with Gasteiger partial charge in [-0.1, -0.05) is 0 Å². The Morgan fingerprint density at radius 3 is 2.50 bits per heavy atom. The summed E-state index contributed by atoms with van der Waals surface area (Å²) in [7, 11) is -0.676. The molecule has 1 aromatic rings. The van der Waals surface area contributed by atoms with Crippen LogP contribution in [-0.2, 0) is 10.0 Å². The molecule has 9 nitrogen and oxygen atoms in total. The van der Waals surface area contributed by atoms with Gasteiger partial charge in [-0.15, -0.1) is 0 Å². The second kappa shape index (κ2) is 6.39. The first-order chi connectivity index (χ1) is 9.24. The lowest BCUT2D eigenvalue weighted by molar-refractivity contribution is 0.0691. The Kier molecular flexibility index (Phi) is 5.11. The van der Waals surface area contributed by atoms with Crippen LogP contribution in [0, 0.1) is 0 Å². The topological polar surface area (TPSA) is 132 Å². The van der Waals surface area contributed by atoms with E-state index in [1.165, 1.54) is 4.90 Å². The summed E-state index contributed by atoms with van der Waals surface area (Å²) in [4.78, 5) is 25.3. The molecule has 1 heterocycles. The third kappa shape index (κ3) is 4.24. The maximum absolute atomic E-state index is 11.8. The van der Waals surface area contributed by atoms with Gasteiger partial charge in [0.1, 0.15) is 10.6 Å². The molecule has 1 rings (SSSR count). The molecule has 0 aliphatic carbocycles. The summed E-state index contributed by atoms with van der Waals surface area (Å²) >= 11 is 0. The third-order valence-electron chi connectivity index (χ3n) is 2.30. The SMILES string of the molecule is CN(C)C(=O)NCCNS(=O)(=O)c1c[nH]c(C(=O)O)c1. The van der Waals surface area contributed by atoms with Crippen LogP contribution >= 0.6 is 0 Å². The second-order valence-corrected chi connectivity index (χ2v) is 5.85. The number of carbonyl (C=O) groups excluding carboxylic acids is 1. The highest BCUT2D eigenvalue weighted by Gasteiger charge is 2.17. The average Bonchev–Trinajstić information content (AvgIpc) is 2.84. The summed E-state index contributed by atoms with van der Waals surface area (Å²) in [5.41, 5.74) is -0.216. The predicted molar refractivity (Wildman–Crippen MR) is 70.0 cm³/mol. The van der Waals surface area contributed by atoms with Crippen LogP contribution in [0.2, 0.25) is 0 Å². The molecular formula is C10H16N4O5S. The predicted octanol–water partition coefficient (Wildman–Crippen LogP) is -0.738. The number of hydrogen-bond acceptors (Lipinski definition) is 4. The van der Waals surface area contributed by atoms with E-state index in [1.807, 2.05) is 0 Å². The third-order valence-corrected chi connectivity index (χ3v) is 3.74. The summed E-state index contributed by atoms with van der Waals surface area (Å²) in [5, 5.41) is 11.2. The quantitative estimate of drug-likeness (QED) is 0.514. The molecule has 112 valence electrons. The highest BCUT2D eigenvalue weighted by atomic mass is 32.2. The fraction of sp³-hybridized carbons (Fsp3) is 0.400. The first kappa shape index (κ1) is 16.0. The highest BCUT2D eigenvalue weighted by molar-refractivity contribution is 7.89. The van der Waals surface area contributed by atoms with Crippen LogP contribution in [0.5, 0.6) is 0 Å². The van der Waals surface area contributed by atoms with E-state index in [-0.39, 0.29) is 29.7 Å². The number of aromatic nitrogens is 1. The number of urea groups is 1. The number of nitrogens with zero attached hydrogens (tertiary/aromatic N) is 1. The van der Waals surface area contributed by atoms with Gasteiger partial charge < -0.3 is 20.3 Å². The van der Waals surface area contributed by atoms with Crippen molar-refractivity contribution in [2.45, 2.75) is 4.90 Å². The normalized spacial score (nSPS) is 11.1. The van der Waals surface area contributed by atoms with Crippen molar-refractivity contribution in [2.24, 2.45) is 0 Å². The van der Waals surface area contributed by atoms with Gasteiger partial charge in [-0.25, -0.2) is 22.7 Å². The van der Waals surface area contributed by atoms with Gasteiger partial charge in [-0.3, -0.25) is 0 Å². The second-order valence-electron chi connectivity index (χ2n) is 4.08. The molecule has 0 aliphatic heterocycles. The van der Waals surface area contributed by atoms with E-state index < -0.39 is 16.0 Å². The summed E-state index contributed by atoms with van der Waals surface area (Å²) in [6.45, 7) is 0.113. The van der Waals surface area contributed by atoms with Crippen LogP contribution in [-0.4, -0.2) is 62.6 Å². The molecule has 20 heavy (non-hydrogen) atoms. The lowest BCUT2D eigenvalue weighted by Crippen LogP contribution is -2.39. The summed E-state index contributed by atoms with van der Waals surface area (Å²) in [6, 6.07) is 0.683. The number of nitrogens with one attached hydrogen (secondary N) is 3. The first-order valence-corrected chi connectivity index (χ1v) is 7.09. The Morgan fingerprint density at radius 2 is 2.00 bits per heavy atom. The van der Waals surface area contributed by atoms with Crippen molar-refractivity contribution < 1.29 is 23.1 Å². The Labute approximate surface area is 116 Å². The van der Waals surface area contributed by atoms with Gasteiger partial charge in [0.25, 0.3) is 0 Å². The number of hydrogen-bond donors (Lipinski definition) is 4. The van der Waals surface area contributed by atoms with Crippen LogP contribution in [0.1, 0.15) is 10.5 Å². The zero-order valence-electron chi connectivity index (χ0n) is 11.0. The molecule has 0 saturated heterocycles. The minimum absolute atomic E-state index is 0.00447. The van der Waals surface area contributed by atoms with Gasteiger partial charge in [-0.05, 0) is 6.07 Å². The number of aromatic carboxylic acids is 1. The summed E-state index contributed by atoms with van der Waals surface area (Å²) < 4.78 is 25.8. The van der Waals surface area contributed by atoms with E-state index in [1.54, 1.807) is 14.1 Å². The fourth-order valence-corrected chi connectivity index (χ4v) is 2.27. The van der Waals surface area contributed by atoms with E-state index >= 15 is 0 Å².